The molecule has 0 aliphatic heterocycles. The minimum Gasteiger partial charge on any atom is -0.449 e. The van der Waals surface area contributed by atoms with Gasteiger partial charge in [-0.1, -0.05) is 12.7 Å². The quantitative estimate of drug-likeness (QED) is 0.569. The van der Waals surface area contributed by atoms with Gasteiger partial charge in [-0.25, -0.2) is 4.98 Å². The van der Waals surface area contributed by atoms with Gasteiger partial charge in [0.15, 0.2) is 5.89 Å². The molecule has 1 heterocycles. The maximum Gasteiger partial charge on any atom is 0.197 e. The number of rotatable bonds is 2. The van der Waals surface area contributed by atoms with Crippen molar-refractivity contribution in [3.63, 3.8) is 0 Å². The molecule has 8 heavy (non-hydrogen) atoms. The molecule has 2 heteroatoms. The molecule has 0 spiro atoms. The van der Waals surface area contributed by atoms with Gasteiger partial charge in [0.2, 0.25) is 0 Å². The Morgan fingerprint density at radius 3 is 3.25 bits per heavy atom. The van der Waals surface area contributed by atoms with Gasteiger partial charge >= 0.3 is 0 Å². The number of aromatic nitrogens is 1. The second-order valence-corrected chi connectivity index (χ2v) is 1.37. The summed E-state index contributed by atoms with van der Waals surface area (Å²) in [7, 11) is 0. The van der Waals surface area contributed by atoms with Crippen molar-refractivity contribution in [2.75, 3.05) is 0 Å². The summed E-state index contributed by atoms with van der Waals surface area (Å²) >= 11 is 0. The van der Waals surface area contributed by atoms with Gasteiger partial charge in [-0.3, -0.25) is 0 Å². The second kappa shape index (κ2) is 2.31. The summed E-state index contributed by atoms with van der Waals surface area (Å²) in [5.74, 6) is 0.660. The van der Waals surface area contributed by atoms with Gasteiger partial charge in [-0.15, -0.1) is 0 Å². The van der Waals surface area contributed by atoms with Crippen molar-refractivity contribution in [3.8, 4) is 0 Å². The lowest BCUT2D eigenvalue weighted by atomic mass is 10.4. The highest BCUT2D eigenvalue weighted by Gasteiger charge is 1.88. The molecular weight excluding hydrogens is 102 g/mol. The van der Waals surface area contributed by atoms with Gasteiger partial charge in [0.25, 0.3) is 0 Å². The van der Waals surface area contributed by atoms with E-state index in [1.54, 1.807) is 6.20 Å². The highest BCUT2D eigenvalue weighted by molar-refractivity contribution is 4.86. The number of allylic oxidation sites excluding steroid dienone is 1. The van der Waals surface area contributed by atoms with Crippen molar-refractivity contribution in [1.82, 2.24) is 4.98 Å². The molecule has 0 aliphatic rings. The molecule has 1 aromatic heterocycles. The Kier molecular flexibility index (Phi) is 1.47. The molecule has 0 amide bonds. The van der Waals surface area contributed by atoms with Gasteiger partial charge in [0, 0.05) is 6.42 Å². The third kappa shape index (κ3) is 0.964. The molecule has 0 atom stereocenters. The maximum atomic E-state index is 5.09. The summed E-state index contributed by atoms with van der Waals surface area (Å²) in [5.41, 5.74) is 0. The van der Waals surface area contributed by atoms with E-state index in [1.165, 1.54) is 12.3 Å². The molecule has 0 saturated heterocycles. The van der Waals surface area contributed by atoms with Crippen LogP contribution in [0, 0.1) is 6.58 Å². The first kappa shape index (κ1) is 5.09. The van der Waals surface area contributed by atoms with Crippen LogP contribution in [0.2, 0.25) is 0 Å². The Hall–Kier alpha value is -1.05. The molecular formula is C6H6NO. The van der Waals surface area contributed by atoms with E-state index in [9.17, 15) is 0 Å². The van der Waals surface area contributed by atoms with E-state index in [1.807, 2.05) is 0 Å². The van der Waals surface area contributed by atoms with E-state index in [0.29, 0.717) is 12.3 Å². The summed E-state index contributed by atoms with van der Waals surface area (Å²) in [5, 5.41) is 0. The van der Waals surface area contributed by atoms with Crippen LogP contribution in [-0.2, 0) is 6.42 Å². The van der Waals surface area contributed by atoms with Crippen LogP contribution in [0.3, 0.4) is 0 Å². The van der Waals surface area contributed by atoms with Crippen molar-refractivity contribution in [1.29, 1.82) is 0 Å². The molecule has 1 rings (SSSR count). The number of nitrogens with zero attached hydrogens (tertiary/aromatic N) is 1. The average Bonchev–Trinajstić information content (AvgIpc) is 2.19. The van der Waals surface area contributed by atoms with E-state index in [4.69, 9.17) is 11.0 Å². The van der Waals surface area contributed by atoms with Crippen LogP contribution in [0.4, 0.5) is 0 Å². The lowest BCUT2D eigenvalue weighted by molar-refractivity contribution is 0.509. The van der Waals surface area contributed by atoms with Crippen LogP contribution in [0.25, 0.3) is 0 Å². The SMILES string of the molecule is [CH]=CCc1ncco1. The predicted octanol–water partition coefficient (Wildman–Crippen LogP) is 1.21. The van der Waals surface area contributed by atoms with E-state index < -0.39 is 0 Å². The van der Waals surface area contributed by atoms with Gasteiger partial charge in [-0.2, -0.15) is 0 Å². The first-order valence-electron chi connectivity index (χ1n) is 2.35. The minimum atomic E-state index is 0.604. The molecule has 2 nitrogen and oxygen atoms in total. The van der Waals surface area contributed by atoms with Crippen LogP contribution < -0.4 is 0 Å². The molecule has 1 aromatic rings. The van der Waals surface area contributed by atoms with Gasteiger partial charge in [-0.05, 0) is 0 Å². The zero-order chi connectivity index (χ0) is 5.82. The zero-order valence-corrected chi connectivity index (χ0v) is 4.37. The van der Waals surface area contributed by atoms with Crippen LogP contribution in [0.5, 0.6) is 0 Å². The summed E-state index contributed by atoms with van der Waals surface area (Å²) in [6, 6.07) is 0. The topological polar surface area (TPSA) is 26.0 Å². The molecule has 41 valence electrons. The van der Waals surface area contributed by atoms with Crippen LogP contribution in [0.1, 0.15) is 5.89 Å². The Morgan fingerprint density at radius 1 is 1.88 bits per heavy atom. The van der Waals surface area contributed by atoms with E-state index in [0.717, 1.165) is 0 Å². The normalized spacial score (nSPS) is 9.00. The molecule has 0 aliphatic carbocycles. The molecule has 0 N–H and O–H groups in total. The van der Waals surface area contributed by atoms with Gasteiger partial charge < -0.3 is 4.42 Å². The predicted molar refractivity (Wildman–Crippen MR) is 29.1 cm³/mol. The first-order valence-corrected chi connectivity index (χ1v) is 2.35. The monoisotopic (exact) mass is 108 g/mol. The third-order valence-electron chi connectivity index (χ3n) is 0.776. The largest absolute Gasteiger partial charge is 0.449 e. The second-order valence-electron chi connectivity index (χ2n) is 1.37. The Balaban J connectivity index is 2.62. The van der Waals surface area contributed by atoms with Crippen LogP contribution >= 0.6 is 0 Å². The lowest BCUT2D eigenvalue weighted by Crippen LogP contribution is -1.75. The number of hydrogen-bond acceptors (Lipinski definition) is 2. The Labute approximate surface area is 47.9 Å². The van der Waals surface area contributed by atoms with Crippen molar-refractivity contribution >= 4 is 0 Å². The zero-order valence-electron chi connectivity index (χ0n) is 4.37. The summed E-state index contributed by atoms with van der Waals surface area (Å²) < 4.78 is 4.85. The highest BCUT2D eigenvalue weighted by atomic mass is 16.3. The highest BCUT2D eigenvalue weighted by Crippen LogP contribution is 1.94. The van der Waals surface area contributed by atoms with Crippen molar-refractivity contribution in [2.45, 2.75) is 6.42 Å². The number of oxazole rings is 1. The smallest absolute Gasteiger partial charge is 0.197 e. The number of hydrogen-bond donors (Lipinski definition) is 0. The summed E-state index contributed by atoms with van der Waals surface area (Å²) in [4.78, 5) is 3.83. The van der Waals surface area contributed by atoms with Crippen molar-refractivity contribution < 1.29 is 4.42 Å². The van der Waals surface area contributed by atoms with Gasteiger partial charge in [0.05, 0.1) is 6.20 Å². The standard InChI is InChI=1S/C6H6NO/c1-2-3-6-7-4-5-8-6/h1-2,4-5H,3H2. The van der Waals surface area contributed by atoms with Crippen LogP contribution in [-0.4, -0.2) is 4.98 Å². The van der Waals surface area contributed by atoms with E-state index >= 15 is 0 Å². The fourth-order valence-electron chi connectivity index (χ4n) is 0.455. The molecule has 0 fully saturated rings. The van der Waals surface area contributed by atoms with E-state index in [2.05, 4.69) is 4.98 Å². The van der Waals surface area contributed by atoms with E-state index in [-0.39, 0.29) is 0 Å². The van der Waals surface area contributed by atoms with Crippen LogP contribution in [0.15, 0.2) is 23.0 Å². The molecule has 0 aromatic carbocycles. The maximum absolute atomic E-state index is 5.09. The molecule has 0 bridgehead atoms. The van der Waals surface area contributed by atoms with Gasteiger partial charge in [0.1, 0.15) is 6.26 Å². The average molecular weight is 108 g/mol. The third-order valence-corrected chi connectivity index (χ3v) is 0.776. The van der Waals surface area contributed by atoms with Crippen molar-refractivity contribution in [2.24, 2.45) is 0 Å². The fourth-order valence-corrected chi connectivity index (χ4v) is 0.455. The first-order chi connectivity index (χ1) is 3.93. The summed E-state index contributed by atoms with van der Waals surface area (Å²) in [6.07, 6.45) is 5.23. The Bertz CT molecular complexity index is 155. The molecule has 0 saturated carbocycles. The molecule has 1 radical (unpaired) electrons. The Morgan fingerprint density at radius 2 is 2.75 bits per heavy atom. The molecule has 0 unspecified atom stereocenters. The van der Waals surface area contributed by atoms with Crippen molar-refractivity contribution in [3.05, 3.63) is 31.0 Å². The fraction of sp³-hybridized carbons (Fsp3) is 0.167. The summed E-state index contributed by atoms with van der Waals surface area (Å²) in [6.45, 7) is 5.09. The lowest BCUT2D eigenvalue weighted by Gasteiger charge is -1.79. The minimum absolute atomic E-state index is 0.604.